The minimum absolute atomic E-state index is 0.185. The van der Waals surface area contributed by atoms with E-state index in [-0.39, 0.29) is 5.41 Å². The maximum atomic E-state index is 2.52. The zero-order valence-electron chi connectivity index (χ0n) is 35.1. The summed E-state index contributed by atoms with van der Waals surface area (Å²) in [6, 6.07) is 60.4. The van der Waals surface area contributed by atoms with Crippen LogP contribution in [0.3, 0.4) is 0 Å². The second-order valence-corrected chi connectivity index (χ2v) is 19.2. The monoisotopic (exact) mass is 778 g/mol. The van der Waals surface area contributed by atoms with Gasteiger partial charge in [-0.05, 0) is 173 Å². The maximum absolute atomic E-state index is 2.52. The van der Waals surface area contributed by atoms with E-state index < -0.39 is 0 Å². The molecule has 2 nitrogen and oxygen atoms in total. The highest BCUT2D eigenvalue weighted by molar-refractivity contribution is 6.12. The number of rotatable bonds is 7. The van der Waals surface area contributed by atoms with Gasteiger partial charge in [0.05, 0.1) is 11.0 Å². The lowest BCUT2D eigenvalue weighted by molar-refractivity contribution is 0.420. The van der Waals surface area contributed by atoms with Gasteiger partial charge in [-0.1, -0.05) is 124 Å². The summed E-state index contributed by atoms with van der Waals surface area (Å²) in [6.07, 6.45) is 12.4. The number of fused-ring (bicyclic) bond motifs is 8. The van der Waals surface area contributed by atoms with Crippen molar-refractivity contribution in [2.24, 2.45) is 11.8 Å². The molecular weight excluding hydrogens is 725 g/mol. The van der Waals surface area contributed by atoms with Crippen LogP contribution in [0.4, 0.5) is 17.1 Å². The van der Waals surface area contributed by atoms with Gasteiger partial charge in [-0.25, -0.2) is 0 Å². The SMILES string of the molecule is CC1(C)c2cc(N(c3ccc(C4CCCCC4)cc3)c3ccc(C4CC5CCC4C5)cc3)ccc2-c2cc3c(cc21)c1cc(-c2ccccc2)ccc1n3-c1ccccc1. The van der Waals surface area contributed by atoms with Gasteiger partial charge in [0, 0.05) is 38.9 Å². The summed E-state index contributed by atoms with van der Waals surface area (Å²) in [7, 11) is 0. The highest BCUT2D eigenvalue weighted by Gasteiger charge is 2.40. The summed E-state index contributed by atoms with van der Waals surface area (Å²) in [5.41, 5.74) is 18.2. The Kier molecular flexibility index (Phi) is 8.48. The number of para-hydroxylation sites is 1. The van der Waals surface area contributed by atoms with Crippen molar-refractivity contribution in [1.82, 2.24) is 4.57 Å². The number of aromatic nitrogens is 1. The van der Waals surface area contributed by atoms with E-state index in [1.165, 1.54) is 141 Å². The molecule has 8 aromatic rings. The lowest BCUT2D eigenvalue weighted by Gasteiger charge is -2.29. The molecule has 12 rings (SSSR count). The minimum atomic E-state index is -0.185. The molecule has 0 radical (unpaired) electrons. The van der Waals surface area contributed by atoms with E-state index in [0.717, 1.165) is 17.8 Å². The standard InChI is InChI=1S/C58H54N2/c1-58(2)54-35-48(59(46-25-20-41(21-26-46)39-12-6-3-7-13-39)47-27-22-42(23-28-47)50-33-38-18-19-44(50)32-38)29-30-49(54)51-37-57-53(36-55(51)58)52-34-43(40-14-8-4-9-15-40)24-31-56(52)60(57)45-16-10-5-11-17-45/h4-5,8-11,14-17,20-31,34-39,44,50H,3,6-7,12-13,18-19,32-33H2,1-2H3. The highest BCUT2D eigenvalue weighted by atomic mass is 15.1. The Labute approximate surface area is 355 Å². The predicted octanol–water partition coefficient (Wildman–Crippen LogP) is 16.2. The Bertz CT molecular complexity index is 2880. The molecule has 60 heavy (non-hydrogen) atoms. The van der Waals surface area contributed by atoms with Gasteiger partial charge in [0.25, 0.3) is 0 Å². The molecule has 296 valence electrons. The Morgan fingerprint density at radius 1 is 0.500 bits per heavy atom. The van der Waals surface area contributed by atoms with Crippen molar-refractivity contribution in [1.29, 1.82) is 0 Å². The summed E-state index contributed by atoms with van der Waals surface area (Å²) in [6.45, 7) is 4.87. The second kappa shape index (κ2) is 14.1. The van der Waals surface area contributed by atoms with Crippen LogP contribution in [0.5, 0.6) is 0 Å². The molecule has 0 amide bonds. The normalized spacial score (nSPS) is 20.5. The van der Waals surface area contributed by atoms with Gasteiger partial charge in [0.15, 0.2) is 0 Å². The molecule has 1 aromatic heterocycles. The summed E-state index contributed by atoms with van der Waals surface area (Å²) in [4.78, 5) is 2.52. The Hall–Kier alpha value is -5.86. The molecule has 4 aliphatic carbocycles. The van der Waals surface area contributed by atoms with E-state index >= 15 is 0 Å². The average Bonchev–Trinajstić information content (AvgIpc) is 4.07. The Morgan fingerprint density at radius 3 is 1.87 bits per heavy atom. The van der Waals surface area contributed by atoms with Gasteiger partial charge < -0.3 is 9.47 Å². The van der Waals surface area contributed by atoms with E-state index in [0.29, 0.717) is 5.92 Å². The molecule has 2 bridgehead atoms. The van der Waals surface area contributed by atoms with E-state index in [9.17, 15) is 0 Å². The molecule has 0 saturated heterocycles. The fourth-order valence-electron chi connectivity index (χ4n) is 12.3. The molecule has 4 aliphatic rings. The van der Waals surface area contributed by atoms with Crippen molar-refractivity contribution in [3.63, 3.8) is 0 Å². The smallest absolute Gasteiger partial charge is 0.0547 e. The van der Waals surface area contributed by atoms with Gasteiger partial charge in [-0.15, -0.1) is 0 Å². The van der Waals surface area contributed by atoms with Crippen molar-refractivity contribution >= 4 is 38.9 Å². The van der Waals surface area contributed by atoms with Crippen LogP contribution in [0, 0.1) is 11.8 Å². The van der Waals surface area contributed by atoms with Gasteiger partial charge >= 0.3 is 0 Å². The van der Waals surface area contributed by atoms with Crippen LogP contribution >= 0.6 is 0 Å². The van der Waals surface area contributed by atoms with Crippen molar-refractivity contribution < 1.29 is 0 Å². The maximum Gasteiger partial charge on any atom is 0.0547 e. The van der Waals surface area contributed by atoms with Crippen molar-refractivity contribution in [2.45, 2.75) is 88.9 Å². The van der Waals surface area contributed by atoms with E-state index in [2.05, 4.69) is 181 Å². The van der Waals surface area contributed by atoms with Crippen LogP contribution in [0.1, 0.15) is 106 Å². The third-order valence-corrected chi connectivity index (χ3v) is 15.5. The van der Waals surface area contributed by atoms with Crippen LogP contribution in [-0.4, -0.2) is 4.57 Å². The van der Waals surface area contributed by atoms with Gasteiger partial charge in [-0.2, -0.15) is 0 Å². The van der Waals surface area contributed by atoms with E-state index in [4.69, 9.17) is 0 Å². The molecule has 2 heteroatoms. The molecule has 3 fully saturated rings. The van der Waals surface area contributed by atoms with Gasteiger partial charge in [-0.3, -0.25) is 0 Å². The van der Waals surface area contributed by atoms with Crippen molar-refractivity contribution in [3.8, 4) is 27.9 Å². The van der Waals surface area contributed by atoms with Crippen LogP contribution in [-0.2, 0) is 5.41 Å². The van der Waals surface area contributed by atoms with Crippen molar-refractivity contribution in [2.75, 3.05) is 4.90 Å². The molecule has 0 spiro atoms. The summed E-state index contributed by atoms with van der Waals surface area (Å²) >= 11 is 0. The lowest BCUT2D eigenvalue weighted by Crippen LogP contribution is -2.17. The molecular formula is C58H54N2. The van der Waals surface area contributed by atoms with Crippen LogP contribution in [0.25, 0.3) is 49.7 Å². The lowest BCUT2D eigenvalue weighted by atomic mass is 9.81. The molecule has 7 aromatic carbocycles. The molecule has 3 saturated carbocycles. The quantitative estimate of drug-likeness (QED) is 0.156. The van der Waals surface area contributed by atoms with Crippen molar-refractivity contribution in [3.05, 3.63) is 180 Å². The number of nitrogens with zero attached hydrogens (tertiary/aromatic N) is 2. The number of benzene rings is 7. The fraction of sp³-hybridized carbons (Fsp3) is 0.276. The first-order valence-electron chi connectivity index (χ1n) is 22.9. The van der Waals surface area contributed by atoms with E-state index in [1.807, 2.05) is 0 Å². The van der Waals surface area contributed by atoms with Crippen LogP contribution < -0.4 is 4.90 Å². The number of hydrogen-bond acceptors (Lipinski definition) is 1. The molecule has 0 N–H and O–H groups in total. The first kappa shape index (κ1) is 36.0. The van der Waals surface area contributed by atoms with Gasteiger partial charge in [0.2, 0.25) is 0 Å². The van der Waals surface area contributed by atoms with Crippen LogP contribution in [0.15, 0.2) is 158 Å². The molecule has 3 unspecified atom stereocenters. The third kappa shape index (κ3) is 5.81. The molecule has 3 atom stereocenters. The topological polar surface area (TPSA) is 8.17 Å². The zero-order valence-corrected chi connectivity index (χ0v) is 35.1. The average molecular weight is 779 g/mol. The molecule has 0 aliphatic heterocycles. The second-order valence-electron chi connectivity index (χ2n) is 19.2. The Morgan fingerprint density at radius 2 is 1.17 bits per heavy atom. The minimum Gasteiger partial charge on any atom is -0.310 e. The number of hydrogen-bond donors (Lipinski definition) is 0. The summed E-state index contributed by atoms with van der Waals surface area (Å²) < 4.78 is 2.47. The largest absolute Gasteiger partial charge is 0.310 e. The highest BCUT2D eigenvalue weighted by Crippen LogP contribution is 2.55. The summed E-state index contributed by atoms with van der Waals surface area (Å²) in [5, 5.41) is 2.60. The fourth-order valence-corrected chi connectivity index (χ4v) is 12.3. The van der Waals surface area contributed by atoms with Crippen LogP contribution in [0.2, 0.25) is 0 Å². The van der Waals surface area contributed by atoms with E-state index in [1.54, 1.807) is 5.56 Å². The van der Waals surface area contributed by atoms with Gasteiger partial charge in [0.1, 0.15) is 0 Å². The number of anilines is 3. The first-order valence-corrected chi connectivity index (χ1v) is 22.9. The predicted molar refractivity (Wildman–Crippen MR) is 252 cm³/mol. The first-order chi connectivity index (χ1) is 29.5. The summed E-state index contributed by atoms with van der Waals surface area (Å²) in [5.74, 6) is 3.25. The Balaban J connectivity index is 0.984. The zero-order chi connectivity index (χ0) is 40.0. The third-order valence-electron chi connectivity index (χ3n) is 15.5. The molecule has 1 heterocycles.